The summed E-state index contributed by atoms with van der Waals surface area (Å²) in [4.78, 5) is 15.1. The SMILES string of the molecule is CC(C)C[C@@]1(CO)CCCN1C(=O)Nc1ccc([S@](C)=O)cc1. The molecule has 1 aliphatic rings. The van der Waals surface area contributed by atoms with Gasteiger partial charge in [-0.2, -0.15) is 0 Å². The van der Waals surface area contributed by atoms with Gasteiger partial charge in [-0.25, -0.2) is 4.79 Å². The number of anilines is 1. The molecular weight excluding hydrogens is 312 g/mol. The molecule has 0 aliphatic carbocycles. The molecule has 2 N–H and O–H groups in total. The van der Waals surface area contributed by atoms with Crippen LogP contribution in [0.4, 0.5) is 10.5 Å². The third-order valence-electron chi connectivity index (χ3n) is 4.36. The average molecular weight is 338 g/mol. The predicted molar refractivity (Wildman–Crippen MR) is 93.0 cm³/mol. The standard InChI is InChI=1S/C17H26N2O3S/c1-13(2)11-17(12-20)9-4-10-19(17)16(21)18-14-5-7-15(8-6-14)23(3)22/h5-8,13,20H,4,9-12H2,1-3H3,(H,18,21)/t17-,23+/m1/s1. The van der Waals surface area contributed by atoms with Gasteiger partial charge in [0.25, 0.3) is 0 Å². The zero-order valence-corrected chi connectivity index (χ0v) is 14.9. The predicted octanol–water partition coefficient (Wildman–Crippen LogP) is 2.83. The first-order valence-corrected chi connectivity index (χ1v) is 9.57. The van der Waals surface area contributed by atoms with Crippen molar-refractivity contribution < 1.29 is 14.1 Å². The van der Waals surface area contributed by atoms with E-state index in [1.165, 1.54) is 0 Å². The summed E-state index contributed by atoms with van der Waals surface area (Å²) in [5.41, 5.74) is 0.218. The first-order valence-electron chi connectivity index (χ1n) is 8.01. The number of urea groups is 1. The number of nitrogens with one attached hydrogen (secondary N) is 1. The van der Waals surface area contributed by atoms with Gasteiger partial charge in [-0.15, -0.1) is 0 Å². The van der Waals surface area contributed by atoms with Gasteiger partial charge in [0.2, 0.25) is 0 Å². The van der Waals surface area contributed by atoms with Crippen LogP contribution >= 0.6 is 0 Å². The highest BCUT2D eigenvalue weighted by molar-refractivity contribution is 7.84. The fourth-order valence-electron chi connectivity index (χ4n) is 3.38. The van der Waals surface area contributed by atoms with Crippen LogP contribution in [0.15, 0.2) is 29.2 Å². The molecule has 0 spiro atoms. The van der Waals surface area contributed by atoms with E-state index < -0.39 is 16.3 Å². The molecule has 0 unspecified atom stereocenters. The minimum absolute atomic E-state index is 0.00758. The third kappa shape index (κ3) is 4.12. The van der Waals surface area contributed by atoms with Crippen LogP contribution in [-0.4, -0.2) is 45.2 Å². The van der Waals surface area contributed by atoms with Crippen molar-refractivity contribution in [2.75, 3.05) is 24.7 Å². The van der Waals surface area contributed by atoms with Gasteiger partial charge in [-0.1, -0.05) is 13.8 Å². The molecule has 1 saturated heterocycles. The second-order valence-corrected chi connectivity index (χ2v) is 8.02. The van der Waals surface area contributed by atoms with Crippen LogP contribution in [0.2, 0.25) is 0 Å². The van der Waals surface area contributed by atoms with Crippen molar-refractivity contribution in [3.63, 3.8) is 0 Å². The van der Waals surface area contributed by atoms with Crippen LogP contribution in [0.1, 0.15) is 33.1 Å². The molecule has 0 saturated carbocycles. The molecule has 0 radical (unpaired) electrons. The molecule has 128 valence electrons. The number of hydrogen-bond donors (Lipinski definition) is 2. The van der Waals surface area contributed by atoms with Crippen LogP contribution in [0.5, 0.6) is 0 Å². The Morgan fingerprint density at radius 1 is 1.39 bits per heavy atom. The van der Waals surface area contributed by atoms with E-state index in [0.29, 0.717) is 18.2 Å². The maximum atomic E-state index is 12.6. The Bertz CT molecular complexity index is 574. The summed E-state index contributed by atoms with van der Waals surface area (Å²) in [5, 5.41) is 12.8. The van der Waals surface area contributed by atoms with E-state index in [9.17, 15) is 14.1 Å². The molecule has 1 heterocycles. The fourth-order valence-corrected chi connectivity index (χ4v) is 3.90. The van der Waals surface area contributed by atoms with Crippen molar-refractivity contribution in [3.05, 3.63) is 24.3 Å². The summed E-state index contributed by atoms with van der Waals surface area (Å²) >= 11 is 0. The molecule has 0 bridgehead atoms. The van der Waals surface area contributed by atoms with Gasteiger partial charge in [-0.3, -0.25) is 4.21 Å². The lowest BCUT2D eigenvalue weighted by atomic mass is 9.87. The molecule has 5 nitrogen and oxygen atoms in total. The fraction of sp³-hybridized carbons (Fsp3) is 0.588. The van der Waals surface area contributed by atoms with Crippen molar-refractivity contribution in [2.24, 2.45) is 5.92 Å². The van der Waals surface area contributed by atoms with E-state index in [4.69, 9.17) is 0 Å². The quantitative estimate of drug-likeness (QED) is 0.867. The second-order valence-electron chi connectivity index (χ2n) is 6.64. The van der Waals surface area contributed by atoms with Gasteiger partial charge in [0.15, 0.2) is 0 Å². The normalized spacial score (nSPS) is 22.4. The topological polar surface area (TPSA) is 69.6 Å². The molecule has 1 aromatic rings. The summed E-state index contributed by atoms with van der Waals surface area (Å²) in [6, 6.07) is 6.84. The van der Waals surface area contributed by atoms with Crippen molar-refractivity contribution in [1.82, 2.24) is 4.90 Å². The highest BCUT2D eigenvalue weighted by atomic mass is 32.2. The molecular formula is C17H26N2O3S. The maximum Gasteiger partial charge on any atom is 0.322 e. The minimum atomic E-state index is -1.03. The van der Waals surface area contributed by atoms with Crippen LogP contribution < -0.4 is 5.32 Å². The summed E-state index contributed by atoms with van der Waals surface area (Å²) in [5.74, 6) is 0.411. The Hall–Kier alpha value is -1.40. The number of amides is 2. The largest absolute Gasteiger partial charge is 0.394 e. The lowest BCUT2D eigenvalue weighted by Gasteiger charge is -2.38. The Labute approximate surface area is 140 Å². The van der Waals surface area contributed by atoms with Gasteiger partial charge in [0.05, 0.1) is 12.1 Å². The number of aliphatic hydroxyl groups excluding tert-OH is 1. The molecule has 2 rings (SSSR count). The number of nitrogens with zero attached hydrogens (tertiary/aromatic N) is 1. The Balaban J connectivity index is 2.10. The summed E-state index contributed by atoms with van der Waals surface area (Å²) in [6.45, 7) is 4.87. The van der Waals surface area contributed by atoms with Gasteiger partial charge < -0.3 is 15.3 Å². The van der Waals surface area contributed by atoms with Gasteiger partial charge in [0.1, 0.15) is 0 Å². The third-order valence-corrected chi connectivity index (χ3v) is 5.30. The maximum absolute atomic E-state index is 12.6. The summed E-state index contributed by atoms with van der Waals surface area (Å²) in [7, 11) is -1.03. The molecule has 0 aromatic heterocycles. The van der Waals surface area contributed by atoms with Crippen LogP contribution in [0, 0.1) is 5.92 Å². The molecule has 1 aromatic carbocycles. The highest BCUT2D eigenvalue weighted by Gasteiger charge is 2.43. The minimum Gasteiger partial charge on any atom is -0.394 e. The monoisotopic (exact) mass is 338 g/mol. The number of carbonyl (C=O) groups excluding carboxylic acids is 1. The number of carbonyl (C=O) groups is 1. The molecule has 23 heavy (non-hydrogen) atoms. The number of benzene rings is 1. The molecule has 1 aliphatic heterocycles. The van der Waals surface area contributed by atoms with Crippen LogP contribution in [0.25, 0.3) is 0 Å². The smallest absolute Gasteiger partial charge is 0.322 e. The summed E-state index contributed by atoms with van der Waals surface area (Å²) in [6.07, 6.45) is 4.17. The second kappa shape index (κ2) is 7.45. The van der Waals surface area contributed by atoms with E-state index >= 15 is 0 Å². The number of hydrogen-bond acceptors (Lipinski definition) is 3. The number of likely N-dealkylation sites (tertiary alicyclic amines) is 1. The van der Waals surface area contributed by atoms with E-state index in [1.807, 2.05) is 0 Å². The number of aliphatic hydroxyl groups is 1. The highest BCUT2D eigenvalue weighted by Crippen LogP contribution is 2.35. The van der Waals surface area contributed by atoms with Gasteiger partial charge >= 0.3 is 6.03 Å². The molecule has 2 atom stereocenters. The lowest BCUT2D eigenvalue weighted by molar-refractivity contribution is 0.0728. The van der Waals surface area contributed by atoms with Gasteiger partial charge in [-0.05, 0) is 49.4 Å². The molecule has 2 amide bonds. The lowest BCUT2D eigenvalue weighted by Crippen LogP contribution is -2.52. The van der Waals surface area contributed by atoms with E-state index in [-0.39, 0.29) is 12.6 Å². The van der Waals surface area contributed by atoms with E-state index in [1.54, 1.807) is 35.4 Å². The zero-order chi connectivity index (χ0) is 17.0. The van der Waals surface area contributed by atoms with Gasteiger partial charge in [0, 0.05) is 34.2 Å². The first kappa shape index (κ1) is 17.9. The van der Waals surface area contributed by atoms with E-state index in [0.717, 1.165) is 24.2 Å². The number of rotatable bonds is 5. The van der Waals surface area contributed by atoms with Crippen LogP contribution in [-0.2, 0) is 10.8 Å². The van der Waals surface area contributed by atoms with Crippen molar-refractivity contribution in [1.29, 1.82) is 0 Å². The molecule has 1 fully saturated rings. The van der Waals surface area contributed by atoms with Crippen molar-refractivity contribution in [3.8, 4) is 0 Å². The Morgan fingerprint density at radius 3 is 2.57 bits per heavy atom. The zero-order valence-electron chi connectivity index (χ0n) is 14.0. The molecule has 6 heteroatoms. The van der Waals surface area contributed by atoms with Crippen LogP contribution in [0.3, 0.4) is 0 Å². The van der Waals surface area contributed by atoms with E-state index in [2.05, 4.69) is 19.2 Å². The Morgan fingerprint density at radius 2 is 2.04 bits per heavy atom. The van der Waals surface area contributed by atoms with Crippen molar-refractivity contribution >= 4 is 22.5 Å². The first-order chi connectivity index (χ1) is 10.9. The Kier molecular flexibility index (Phi) is 5.81. The van der Waals surface area contributed by atoms with Crippen molar-refractivity contribution in [2.45, 2.75) is 43.5 Å². The average Bonchev–Trinajstić information content (AvgIpc) is 2.91. The summed E-state index contributed by atoms with van der Waals surface area (Å²) < 4.78 is 11.4.